The van der Waals surface area contributed by atoms with E-state index in [2.05, 4.69) is 44.3 Å². The zero-order valence-corrected chi connectivity index (χ0v) is 14.9. The van der Waals surface area contributed by atoms with Crippen molar-refractivity contribution in [3.63, 3.8) is 0 Å². The number of hydrogen-bond acceptors (Lipinski definition) is 5. The average molecular weight is 346 g/mol. The molecule has 5 nitrogen and oxygen atoms in total. The van der Waals surface area contributed by atoms with Crippen LogP contribution in [0, 0.1) is 0 Å². The van der Waals surface area contributed by atoms with E-state index >= 15 is 0 Å². The third-order valence-electron chi connectivity index (χ3n) is 4.39. The largest absolute Gasteiger partial charge is 0.411 e. The Labute approximate surface area is 153 Å². The predicted octanol–water partition coefficient (Wildman–Crippen LogP) is 3.94. The highest BCUT2D eigenvalue weighted by Crippen LogP contribution is 2.29. The molecule has 0 aliphatic carbocycles. The van der Waals surface area contributed by atoms with Crippen molar-refractivity contribution in [2.45, 2.75) is 12.3 Å². The molecule has 0 aliphatic rings. The molecule has 2 heterocycles. The van der Waals surface area contributed by atoms with Crippen molar-refractivity contribution in [3.8, 4) is 0 Å². The van der Waals surface area contributed by atoms with Gasteiger partial charge in [0.25, 0.3) is 0 Å². The van der Waals surface area contributed by atoms with Gasteiger partial charge in [0.05, 0.1) is 5.71 Å². The van der Waals surface area contributed by atoms with Crippen molar-refractivity contribution in [1.82, 2.24) is 9.97 Å². The van der Waals surface area contributed by atoms with Gasteiger partial charge in [-0.05, 0) is 42.0 Å². The van der Waals surface area contributed by atoms with E-state index in [0.717, 1.165) is 22.5 Å². The van der Waals surface area contributed by atoms with Crippen LogP contribution in [-0.2, 0) is 0 Å². The molecule has 0 amide bonds. The summed E-state index contributed by atoms with van der Waals surface area (Å²) in [7, 11) is 4.04. The highest BCUT2D eigenvalue weighted by atomic mass is 16.4. The van der Waals surface area contributed by atoms with Gasteiger partial charge in [-0.15, -0.1) is 0 Å². The van der Waals surface area contributed by atoms with Crippen LogP contribution in [0.4, 0.5) is 5.69 Å². The van der Waals surface area contributed by atoms with Crippen LogP contribution in [0.3, 0.4) is 0 Å². The number of aromatic nitrogens is 2. The smallest absolute Gasteiger partial charge is 0.0878 e. The summed E-state index contributed by atoms with van der Waals surface area (Å²) in [5.74, 6) is -0.00789. The maximum Gasteiger partial charge on any atom is 0.0878 e. The highest BCUT2D eigenvalue weighted by Gasteiger charge is 2.20. The monoisotopic (exact) mass is 346 g/mol. The van der Waals surface area contributed by atoms with Crippen LogP contribution in [0.1, 0.15) is 29.2 Å². The fourth-order valence-corrected chi connectivity index (χ4v) is 2.93. The van der Waals surface area contributed by atoms with Crippen molar-refractivity contribution in [1.29, 1.82) is 0 Å². The van der Waals surface area contributed by atoms with Gasteiger partial charge in [-0.25, -0.2) is 0 Å². The van der Waals surface area contributed by atoms with Crippen molar-refractivity contribution < 1.29 is 5.21 Å². The summed E-state index contributed by atoms with van der Waals surface area (Å²) in [6.45, 7) is 0. The first kappa shape index (κ1) is 17.6. The van der Waals surface area contributed by atoms with Gasteiger partial charge in [0.15, 0.2) is 0 Å². The average Bonchev–Trinajstić information content (AvgIpc) is 2.70. The van der Waals surface area contributed by atoms with E-state index in [4.69, 9.17) is 0 Å². The van der Waals surface area contributed by atoms with E-state index in [1.165, 1.54) is 0 Å². The molecule has 0 fully saturated rings. The molecule has 3 aromatic rings. The second-order valence-electron chi connectivity index (χ2n) is 6.28. The zero-order valence-electron chi connectivity index (χ0n) is 14.9. The van der Waals surface area contributed by atoms with Gasteiger partial charge in [0.2, 0.25) is 0 Å². The number of pyridine rings is 2. The van der Waals surface area contributed by atoms with E-state index in [-0.39, 0.29) is 5.92 Å². The van der Waals surface area contributed by atoms with Crippen LogP contribution in [0.25, 0.3) is 0 Å². The Morgan fingerprint density at radius 3 is 2.31 bits per heavy atom. The SMILES string of the molecule is CN(C)c1ccc(C(C/C(=N/O)c2ccncc2)c2ccccn2)cc1. The fourth-order valence-electron chi connectivity index (χ4n) is 2.93. The number of benzene rings is 1. The third kappa shape index (κ3) is 4.06. The van der Waals surface area contributed by atoms with Gasteiger partial charge in [-0.3, -0.25) is 9.97 Å². The lowest BCUT2D eigenvalue weighted by Crippen LogP contribution is -2.12. The molecule has 0 radical (unpaired) electrons. The predicted molar refractivity (Wildman–Crippen MR) is 104 cm³/mol. The lowest BCUT2D eigenvalue weighted by molar-refractivity contribution is 0.317. The Hall–Kier alpha value is -3.21. The Kier molecular flexibility index (Phi) is 5.59. The molecule has 0 saturated carbocycles. The van der Waals surface area contributed by atoms with E-state index in [0.29, 0.717) is 12.1 Å². The minimum Gasteiger partial charge on any atom is -0.411 e. The van der Waals surface area contributed by atoms with Crippen LogP contribution in [-0.4, -0.2) is 35.0 Å². The Morgan fingerprint density at radius 1 is 1.00 bits per heavy atom. The molecule has 0 spiro atoms. The second kappa shape index (κ2) is 8.25. The second-order valence-corrected chi connectivity index (χ2v) is 6.28. The van der Waals surface area contributed by atoms with E-state index in [1.54, 1.807) is 18.6 Å². The topological polar surface area (TPSA) is 61.6 Å². The number of anilines is 1. The number of hydrogen-bond donors (Lipinski definition) is 1. The van der Waals surface area contributed by atoms with Crippen molar-refractivity contribution in [2.24, 2.45) is 5.16 Å². The lowest BCUT2D eigenvalue weighted by atomic mass is 9.88. The standard InChI is InChI=1S/C21H22N4O/c1-25(2)18-8-6-16(7-9-18)19(20-5-3-4-12-23-20)15-21(24-26)17-10-13-22-14-11-17/h3-14,19,26H,15H2,1-2H3/b24-21-. The van der Waals surface area contributed by atoms with E-state index in [1.807, 2.05) is 44.4 Å². The molecule has 1 atom stereocenters. The summed E-state index contributed by atoms with van der Waals surface area (Å²) in [5, 5.41) is 13.1. The summed E-state index contributed by atoms with van der Waals surface area (Å²) in [5.41, 5.74) is 4.68. The van der Waals surface area contributed by atoms with Crippen LogP contribution in [0.2, 0.25) is 0 Å². The van der Waals surface area contributed by atoms with Gasteiger partial charge in [-0.2, -0.15) is 0 Å². The molecule has 0 aliphatic heterocycles. The molecule has 2 aromatic heterocycles. The quantitative estimate of drug-likeness (QED) is 0.417. The van der Waals surface area contributed by atoms with Gasteiger partial charge < -0.3 is 10.1 Å². The van der Waals surface area contributed by atoms with Crippen LogP contribution >= 0.6 is 0 Å². The Bertz CT molecular complexity index is 846. The van der Waals surface area contributed by atoms with Crippen molar-refractivity contribution in [2.75, 3.05) is 19.0 Å². The van der Waals surface area contributed by atoms with E-state index < -0.39 is 0 Å². The van der Waals surface area contributed by atoms with Gasteiger partial charge >= 0.3 is 0 Å². The normalized spacial score (nSPS) is 12.6. The number of oxime groups is 1. The summed E-state index contributed by atoms with van der Waals surface area (Å²) in [4.78, 5) is 10.6. The molecule has 1 N–H and O–H groups in total. The molecule has 1 aromatic carbocycles. The minimum absolute atomic E-state index is 0.00789. The molecule has 132 valence electrons. The molecule has 0 saturated heterocycles. The van der Waals surface area contributed by atoms with Gasteiger partial charge in [0.1, 0.15) is 0 Å². The van der Waals surface area contributed by atoms with Crippen LogP contribution in [0.15, 0.2) is 78.3 Å². The van der Waals surface area contributed by atoms with E-state index in [9.17, 15) is 5.21 Å². The van der Waals surface area contributed by atoms with Crippen molar-refractivity contribution in [3.05, 3.63) is 90.0 Å². The lowest BCUT2D eigenvalue weighted by Gasteiger charge is -2.19. The van der Waals surface area contributed by atoms with Gasteiger partial charge in [-0.1, -0.05) is 23.4 Å². The maximum absolute atomic E-state index is 9.58. The summed E-state index contributed by atoms with van der Waals surface area (Å²) in [6, 6.07) is 18.0. The number of rotatable bonds is 6. The third-order valence-corrected chi connectivity index (χ3v) is 4.39. The summed E-state index contributed by atoms with van der Waals surface area (Å²) in [6.07, 6.45) is 5.72. The fraction of sp³-hybridized carbons (Fsp3) is 0.190. The van der Waals surface area contributed by atoms with Gasteiger partial charge in [0, 0.05) is 62.0 Å². The Balaban J connectivity index is 1.96. The highest BCUT2D eigenvalue weighted by molar-refractivity contribution is 6.00. The van der Waals surface area contributed by atoms with Crippen LogP contribution in [0.5, 0.6) is 0 Å². The molecule has 0 bridgehead atoms. The molecular formula is C21H22N4O. The Morgan fingerprint density at radius 2 is 1.73 bits per heavy atom. The summed E-state index contributed by atoms with van der Waals surface area (Å²) < 4.78 is 0. The maximum atomic E-state index is 9.58. The molecule has 1 unspecified atom stereocenters. The van der Waals surface area contributed by atoms with Crippen LogP contribution < -0.4 is 4.90 Å². The number of nitrogens with zero attached hydrogens (tertiary/aromatic N) is 4. The molecule has 5 heteroatoms. The molecule has 3 rings (SSSR count). The first-order valence-corrected chi connectivity index (χ1v) is 8.48. The molecule has 26 heavy (non-hydrogen) atoms. The minimum atomic E-state index is -0.00789. The first-order chi connectivity index (χ1) is 12.7. The first-order valence-electron chi connectivity index (χ1n) is 8.48. The molecular weight excluding hydrogens is 324 g/mol. The van der Waals surface area contributed by atoms with Crippen molar-refractivity contribution >= 4 is 11.4 Å². The summed E-state index contributed by atoms with van der Waals surface area (Å²) >= 11 is 0. The zero-order chi connectivity index (χ0) is 18.4.